The molecule has 188 valence electrons. The third-order valence-corrected chi connectivity index (χ3v) is 4.64. The molecule has 0 radical (unpaired) electrons. The van der Waals surface area contributed by atoms with Crippen LogP contribution in [0.4, 0.5) is 43.9 Å². The molecular formula is C23H14F10O2. The molecule has 0 spiro atoms. The molecule has 0 bridgehead atoms. The van der Waals surface area contributed by atoms with Gasteiger partial charge in [-0.3, -0.25) is 0 Å². The number of alkyl halides is 4. The van der Waals surface area contributed by atoms with Crippen molar-refractivity contribution in [2.24, 2.45) is 0 Å². The lowest BCUT2D eigenvalue weighted by atomic mass is 10.1. The molecule has 0 aliphatic carbocycles. The Labute approximate surface area is 191 Å². The zero-order valence-electron chi connectivity index (χ0n) is 17.6. The molecular weight excluding hydrogens is 498 g/mol. The topological polar surface area (TPSA) is 18.5 Å². The minimum absolute atomic E-state index is 0.0631. The summed E-state index contributed by atoms with van der Waals surface area (Å²) >= 11 is 0. The summed E-state index contributed by atoms with van der Waals surface area (Å²) in [5.41, 5.74) is -3.23. The Hall–Kier alpha value is -3.44. The molecule has 0 saturated carbocycles. The van der Waals surface area contributed by atoms with Crippen LogP contribution in [0.2, 0.25) is 0 Å². The molecule has 0 saturated heterocycles. The summed E-state index contributed by atoms with van der Waals surface area (Å²) < 4.78 is 148. The Kier molecular flexibility index (Phi) is 7.23. The van der Waals surface area contributed by atoms with Gasteiger partial charge in [-0.2, -0.15) is 17.6 Å². The summed E-state index contributed by atoms with van der Waals surface area (Å²) in [6.07, 6.45) is -8.57. The lowest BCUT2D eigenvalue weighted by Crippen LogP contribution is -2.26. The van der Waals surface area contributed by atoms with E-state index in [9.17, 15) is 43.9 Å². The Balaban J connectivity index is 1.86. The summed E-state index contributed by atoms with van der Waals surface area (Å²) in [4.78, 5) is 0. The second-order valence-electron chi connectivity index (χ2n) is 7.26. The fraction of sp³-hybridized carbons (Fsp3) is 0.217. The van der Waals surface area contributed by atoms with Crippen molar-refractivity contribution in [2.45, 2.75) is 32.0 Å². The highest BCUT2D eigenvalue weighted by molar-refractivity contribution is 5.34. The van der Waals surface area contributed by atoms with Gasteiger partial charge in [0.2, 0.25) is 0 Å². The highest BCUT2D eigenvalue weighted by Crippen LogP contribution is 2.39. The number of hydrogen-bond donors (Lipinski definition) is 0. The van der Waals surface area contributed by atoms with Crippen molar-refractivity contribution in [3.63, 3.8) is 0 Å². The monoisotopic (exact) mass is 512 g/mol. The van der Waals surface area contributed by atoms with Crippen molar-refractivity contribution < 1.29 is 53.4 Å². The van der Waals surface area contributed by atoms with Gasteiger partial charge in [-0.1, -0.05) is 13.3 Å². The van der Waals surface area contributed by atoms with E-state index in [0.29, 0.717) is 24.6 Å². The lowest BCUT2D eigenvalue weighted by Gasteiger charge is -2.22. The van der Waals surface area contributed by atoms with Gasteiger partial charge in [-0.15, -0.1) is 0 Å². The quantitative estimate of drug-likeness (QED) is 0.227. The minimum atomic E-state index is -4.66. The molecule has 0 fully saturated rings. The van der Waals surface area contributed by atoms with Gasteiger partial charge in [0, 0.05) is 18.2 Å². The number of benzene rings is 3. The first-order valence-electron chi connectivity index (χ1n) is 9.81. The third-order valence-electron chi connectivity index (χ3n) is 4.64. The first-order valence-corrected chi connectivity index (χ1v) is 9.81. The first-order chi connectivity index (χ1) is 16.2. The minimum Gasteiger partial charge on any atom is -0.429 e. The van der Waals surface area contributed by atoms with Gasteiger partial charge in [0.25, 0.3) is 0 Å². The highest BCUT2D eigenvalue weighted by atomic mass is 19.3. The molecule has 35 heavy (non-hydrogen) atoms. The zero-order valence-corrected chi connectivity index (χ0v) is 17.6. The standard InChI is InChI=1S/C23H14F10O2/c1-2-3-11-6-16(25)20(17(26)7-11)23(32,33)34-12-4-5-14(15(24)8-12)22(30,31)35-13-9-18(27)21(29)19(28)10-13/h4-10H,2-3H2,1H3. The maximum Gasteiger partial charge on any atom is 0.432 e. The van der Waals surface area contributed by atoms with E-state index >= 15 is 0 Å². The number of hydrogen-bond acceptors (Lipinski definition) is 2. The molecule has 2 nitrogen and oxygen atoms in total. The number of halogens is 10. The summed E-state index contributed by atoms with van der Waals surface area (Å²) in [6.45, 7) is 1.70. The van der Waals surface area contributed by atoms with Crippen LogP contribution < -0.4 is 9.47 Å². The van der Waals surface area contributed by atoms with Crippen molar-refractivity contribution in [3.8, 4) is 11.5 Å². The smallest absolute Gasteiger partial charge is 0.429 e. The van der Waals surface area contributed by atoms with Crippen LogP contribution in [0.5, 0.6) is 11.5 Å². The largest absolute Gasteiger partial charge is 0.432 e. The van der Waals surface area contributed by atoms with Crippen LogP contribution in [0.3, 0.4) is 0 Å². The highest BCUT2D eigenvalue weighted by Gasteiger charge is 2.42. The molecule has 0 heterocycles. The number of aryl methyl sites for hydroxylation is 1. The SMILES string of the molecule is CCCc1cc(F)c(C(F)(F)Oc2ccc(C(F)(F)Oc3cc(F)c(F)c(F)c3)c(F)c2)c(F)c1. The maximum atomic E-state index is 14.4. The molecule has 12 heteroatoms. The van der Waals surface area contributed by atoms with Gasteiger partial charge in [0.1, 0.15) is 40.1 Å². The fourth-order valence-electron chi connectivity index (χ4n) is 3.13. The maximum absolute atomic E-state index is 14.4. The van der Waals surface area contributed by atoms with Crippen LogP contribution in [0.25, 0.3) is 0 Å². The van der Waals surface area contributed by atoms with E-state index in [1.165, 1.54) is 0 Å². The average molecular weight is 512 g/mol. The van der Waals surface area contributed by atoms with Crippen LogP contribution in [-0.2, 0) is 18.6 Å². The van der Waals surface area contributed by atoms with Gasteiger partial charge >= 0.3 is 12.2 Å². The molecule has 3 rings (SSSR count). The Morgan fingerprint density at radius 3 is 1.66 bits per heavy atom. The van der Waals surface area contributed by atoms with Crippen LogP contribution in [0.15, 0.2) is 42.5 Å². The molecule has 0 amide bonds. The summed E-state index contributed by atoms with van der Waals surface area (Å²) in [5.74, 6) is -13.1. The van der Waals surface area contributed by atoms with Crippen LogP contribution >= 0.6 is 0 Å². The van der Waals surface area contributed by atoms with Crippen LogP contribution in [-0.4, -0.2) is 0 Å². The summed E-state index contributed by atoms with van der Waals surface area (Å²) in [5, 5.41) is 0. The van der Waals surface area contributed by atoms with Crippen molar-refractivity contribution in [1.82, 2.24) is 0 Å². The zero-order chi connectivity index (χ0) is 26.1. The third kappa shape index (κ3) is 5.63. The van der Waals surface area contributed by atoms with Crippen molar-refractivity contribution >= 4 is 0 Å². The fourth-order valence-corrected chi connectivity index (χ4v) is 3.13. The van der Waals surface area contributed by atoms with E-state index in [1.54, 1.807) is 6.92 Å². The molecule has 3 aromatic carbocycles. The van der Waals surface area contributed by atoms with Gasteiger partial charge in [0.05, 0.1) is 0 Å². The van der Waals surface area contributed by atoms with Crippen molar-refractivity contribution in [1.29, 1.82) is 0 Å². The van der Waals surface area contributed by atoms with Crippen LogP contribution in [0, 0.1) is 34.9 Å². The second kappa shape index (κ2) is 9.67. The molecule has 0 aliphatic rings. The number of rotatable bonds is 8. The Bertz CT molecular complexity index is 1200. The predicted octanol–water partition coefficient (Wildman–Crippen LogP) is 7.73. The Morgan fingerprint density at radius 1 is 0.629 bits per heavy atom. The normalized spacial score (nSPS) is 12.1. The van der Waals surface area contributed by atoms with E-state index in [2.05, 4.69) is 9.47 Å². The number of ether oxygens (including phenoxy) is 2. The van der Waals surface area contributed by atoms with E-state index in [4.69, 9.17) is 0 Å². The van der Waals surface area contributed by atoms with Crippen molar-refractivity contribution in [2.75, 3.05) is 0 Å². The van der Waals surface area contributed by atoms with Crippen LogP contribution in [0.1, 0.15) is 30.0 Å². The Morgan fingerprint density at radius 2 is 1.14 bits per heavy atom. The molecule has 0 aromatic heterocycles. The van der Waals surface area contributed by atoms with E-state index in [1.807, 2.05) is 0 Å². The second-order valence-corrected chi connectivity index (χ2v) is 7.26. The van der Waals surface area contributed by atoms with Gasteiger partial charge < -0.3 is 9.47 Å². The molecule has 0 aliphatic heterocycles. The predicted molar refractivity (Wildman–Crippen MR) is 102 cm³/mol. The summed E-state index contributed by atoms with van der Waals surface area (Å²) in [7, 11) is 0. The van der Waals surface area contributed by atoms with E-state index in [0.717, 1.165) is 0 Å². The summed E-state index contributed by atoms with van der Waals surface area (Å²) in [6, 6.07) is 2.26. The van der Waals surface area contributed by atoms with Gasteiger partial charge in [-0.25, -0.2) is 26.3 Å². The van der Waals surface area contributed by atoms with Gasteiger partial charge in [-0.05, 0) is 36.2 Å². The van der Waals surface area contributed by atoms with E-state index in [-0.39, 0.29) is 36.2 Å². The molecule has 0 atom stereocenters. The first kappa shape index (κ1) is 26.2. The van der Waals surface area contributed by atoms with Gasteiger partial charge in [0.15, 0.2) is 17.5 Å². The lowest BCUT2D eigenvalue weighted by molar-refractivity contribution is -0.190. The molecule has 0 N–H and O–H groups in total. The molecule has 0 unspecified atom stereocenters. The average Bonchev–Trinajstić information content (AvgIpc) is 2.70. The van der Waals surface area contributed by atoms with E-state index < -0.39 is 69.7 Å². The van der Waals surface area contributed by atoms with Crippen molar-refractivity contribution in [3.05, 3.63) is 94.1 Å². The molecule has 3 aromatic rings.